The maximum Gasteiger partial charge on any atom is 0.335 e. The number of carbonyl (C=O) groups is 1. The van der Waals surface area contributed by atoms with Gasteiger partial charge in [0.25, 0.3) is 0 Å². The highest BCUT2D eigenvalue weighted by Gasteiger charge is 2.27. The second-order valence-electron chi connectivity index (χ2n) is 8.80. The lowest BCUT2D eigenvalue weighted by molar-refractivity contribution is 0.0697. The molecule has 0 amide bonds. The summed E-state index contributed by atoms with van der Waals surface area (Å²) in [6.07, 6.45) is 4.59. The van der Waals surface area contributed by atoms with E-state index in [2.05, 4.69) is 12.2 Å². The molecule has 6 nitrogen and oxygen atoms in total. The molecule has 0 aliphatic heterocycles. The molecule has 3 aromatic rings. The van der Waals surface area contributed by atoms with Crippen LogP contribution in [-0.2, 0) is 22.7 Å². The molecule has 1 unspecified atom stereocenters. The second-order valence-corrected chi connectivity index (χ2v) is 10.9. The first-order valence-corrected chi connectivity index (χ1v) is 14.0. The number of para-hydroxylation sites is 1. The van der Waals surface area contributed by atoms with E-state index in [0.29, 0.717) is 38.0 Å². The van der Waals surface area contributed by atoms with Gasteiger partial charge in [-0.05, 0) is 79.3 Å². The number of aryl methyl sites for hydroxylation is 2. The topological polar surface area (TPSA) is 92.7 Å². The number of carboxylic acid groups (broad SMARTS) is 1. The number of benzene rings is 3. The maximum absolute atomic E-state index is 13.5. The molecule has 0 aromatic heterocycles. The lowest BCUT2D eigenvalue weighted by Gasteiger charge is -2.22. The van der Waals surface area contributed by atoms with Crippen LogP contribution in [0.15, 0.2) is 77.7 Å². The van der Waals surface area contributed by atoms with Crippen molar-refractivity contribution in [3.63, 3.8) is 0 Å². The zero-order valence-corrected chi connectivity index (χ0v) is 21.8. The first-order chi connectivity index (χ1) is 17.3. The van der Waals surface area contributed by atoms with Crippen molar-refractivity contribution in [2.75, 3.05) is 11.9 Å². The Balaban J connectivity index is 1.74. The van der Waals surface area contributed by atoms with Crippen molar-refractivity contribution in [1.82, 2.24) is 0 Å². The number of carboxylic acids is 1. The summed E-state index contributed by atoms with van der Waals surface area (Å²) in [5.41, 5.74) is 3.08. The quantitative estimate of drug-likeness (QED) is 0.246. The smallest absolute Gasteiger partial charge is 0.335 e. The van der Waals surface area contributed by atoms with Gasteiger partial charge in [-0.2, -0.15) is 0 Å². The highest BCUT2D eigenvalue weighted by Crippen LogP contribution is 2.26. The zero-order valence-electron chi connectivity index (χ0n) is 20.9. The number of rotatable bonds is 14. The highest BCUT2D eigenvalue weighted by molar-refractivity contribution is 7.92. The molecule has 0 aliphatic carbocycles. The Morgan fingerprint density at radius 3 is 2.25 bits per heavy atom. The van der Waals surface area contributed by atoms with Crippen molar-refractivity contribution in [1.29, 1.82) is 0 Å². The highest BCUT2D eigenvalue weighted by atomic mass is 32.2. The molecular formula is C29H35NO5S. The predicted octanol–water partition coefficient (Wildman–Crippen LogP) is 6.36. The van der Waals surface area contributed by atoms with Crippen molar-refractivity contribution in [3.05, 3.63) is 89.5 Å². The molecule has 0 aliphatic rings. The summed E-state index contributed by atoms with van der Waals surface area (Å²) >= 11 is 0. The van der Waals surface area contributed by atoms with Crippen molar-refractivity contribution in [2.24, 2.45) is 0 Å². The van der Waals surface area contributed by atoms with Crippen LogP contribution in [0.3, 0.4) is 0 Å². The molecule has 0 spiro atoms. The molecule has 3 rings (SSSR count). The molecule has 2 N–H and O–H groups in total. The van der Waals surface area contributed by atoms with Gasteiger partial charge in [0.15, 0.2) is 9.84 Å². The summed E-state index contributed by atoms with van der Waals surface area (Å²) in [5.74, 6) is -0.276. The fraction of sp³-hybridized carbons (Fsp3) is 0.345. The molecule has 0 bridgehead atoms. The zero-order chi connectivity index (χ0) is 26.0. The van der Waals surface area contributed by atoms with Crippen LogP contribution in [0.5, 0.6) is 5.75 Å². The average molecular weight is 510 g/mol. The predicted molar refractivity (Wildman–Crippen MR) is 144 cm³/mol. The monoisotopic (exact) mass is 509 g/mol. The molecule has 1 atom stereocenters. The molecule has 0 saturated heterocycles. The third-order valence-electron chi connectivity index (χ3n) is 6.06. The third-order valence-corrected chi connectivity index (χ3v) is 8.09. The Morgan fingerprint density at radius 2 is 1.61 bits per heavy atom. The number of hydrogen-bond donors (Lipinski definition) is 2. The number of hydrogen-bond acceptors (Lipinski definition) is 5. The van der Waals surface area contributed by atoms with E-state index < -0.39 is 21.2 Å². The number of sulfone groups is 1. The fourth-order valence-corrected chi connectivity index (χ4v) is 5.61. The number of unbranched alkanes of at least 4 members (excludes halogenated alkanes) is 1. The van der Waals surface area contributed by atoms with Gasteiger partial charge in [0.2, 0.25) is 0 Å². The molecule has 36 heavy (non-hydrogen) atoms. The average Bonchev–Trinajstić information content (AvgIpc) is 2.88. The summed E-state index contributed by atoms with van der Waals surface area (Å²) in [7, 11) is -3.62. The summed E-state index contributed by atoms with van der Waals surface area (Å²) in [6.45, 7) is 4.68. The second kappa shape index (κ2) is 13.1. The minimum atomic E-state index is -3.62. The molecule has 3 aromatic carbocycles. The van der Waals surface area contributed by atoms with E-state index in [1.165, 1.54) is 0 Å². The van der Waals surface area contributed by atoms with Crippen LogP contribution in [0.2, 0.25) is 0 Å². The summed E-state index contributed by atoms with van der Waals surface area (Å²) in [6, 6.07) is 21.2. The van der Waals surface area contributed by atoms with Gasteiger partial charge in [-0.1, -0.05) is 57.0 Å². The van der Waals surface area contributed by atoms with Crippen molar-refractivity contribution >= 4 is 21.5 Å². The fourth-order valence-electron chi connectivity index (χ4n) is 3.94. The van der Waals surface area contributed by atoms with Gasteiger partial charge in [0.1, 0.15) is 11.1 Å². The number of nitrogens with one attached hydrogen (secondary N) is 1. The van der Waals surface area contributed by atoms with E-state index >= 15 is 0 Å². The normalized spacial score (nSPS) is 12.2. The molecule has 0 heterocycles. The third kappa shape index (κ3) is 7.34. The molecular weight excluding hydrogens is 474 g/mol. The van der Waals surface area contributed by atoms with Gasteiger partial charge >= 0.3 is 5.97 Å². The Labute approximate surface area is 214 Å². The van der Waals surface area contributed by atoms with Crippen LogP contribution in [0.25, 0.3) is 0 Å². The first kappa shape index (κ1) is 27.3. The molecule has 0 saturated carbocycles. The van der Waals surface area contributed by atoms with E-state index in [0.717, 1.165) is 29.7 Å². The van der Waals surface area contributed by atoms with Crippen LogP contribution < -0.4 is 10.1 Å². The Bertz CT molecular complexity index is 1220. The van der Waals surface area contributed by atoms with E-state index in [-0.39, 0.29) is 10.5 Å². The Morgan fingerprint density at radius 1 is 0.917 bits per heavy atom. The van der Waals surface area contributed by atoms with E-state index in [1.807, 2.05) is 43.3 Å². The minimum Gasteiger partial charge on any atom is -0.494 e. The lowest BCUT2D eigenvalue weighted by atomic mass is 10.0. The SMILES string of the molecule is CCCCOc1ccc(S(=O)(=O)C(CCC)Nc2ccccc2CCc2ccc(C(=O)O)cc2)cc1. The van der Waals surface area contributed by atoms with Crippen LogP contribution >= 0.6 is 0 Å². The van der Waals surface area contributed by atoms with E-state index in [1.54, 1.807) is 36.4 Å². The van der Waals surface area contributed by atoms with Gasteiger partial charge in [-0.3, -0.25) is 0 Å². The van der Waals surface area contributed by atoms with Crippen LogP contribution in [0.4, 0.5) is 5.69 Å². The van der Waals surface area contributed by atoms with Crippen LogP contribution in [0, 0.1) is 0 Å². The molecule has 0 radical (unpaired) electrons. The van der Waals surface area contributed by atoms with Gasteiger partial charge in [-0.25, -0.2) is 13.2 Å². The molecule has 7 heteroatoms. The number of anilines is 1. The van der Waals surface area contributed by atoms with E-state index in [4.69, 9.17) is 9.84 Å². The van der Waals surface area contributed by atoms with Gasteiger partial charge in [-0.15, -0.1) is 0 Å². The summed E-state index contributed by atoms with van der Waals surface area (Å²) < 4.78 is 32.7. The minimum absolute atomic E-state index is 0.258. The van der Waals surface area contributed by atoms with Crippen molar-refractivity contribution < 1.29 is 23.1 Å². The first-order valence-electron chi connectivity index (χ1n) is 12.5. The van der Waals surface area contributed by atoms with E-state index in [9.17, 15) is 13.2 Å². The molecule has 192 valence electrons. The molecule has 0 fully saturated rings. The lowest BCUT2D eigenvalue weighted by Crippen LogP contribution is -2.30. The largest absolute Gasteiger partial charge is 0.494 e. The van der Waals surface area contributed by atoms with Gasteiger partial charge in [0.05, 0.1) is 17.1 Å². The van der Waals surface area contributed by atoms with Crippen molar-refractivity contribution in [3.8, 4) is 5.75 Å². The maximum atomic E-state index is 13.5. The Kier molecular flexibility index (Phi) is 9.94. The Hall–Kier alpha value is -3.32. The number of ether oxygens (including phenoxy) is 1. The summed E-state index contributed by atoms with van der Waals surface area (Å²) in [4.78, 5) is 11.4. The number of aromatic carboxylic acids is 1. The van der Waals surface area contributed by atoms with Crippen molar-refractivity contribution in [2.45, 2.75) is 62.6 Å². The van der Waals surface area contributed by atoms with Crippen LogP contribution in [0.1, 0.15) is 61.0 Å². The standard InChI is InChI=1S/C29H35NO5S/c1-3-5-21-35-25-17-19-26(20-18-25)36(33,34)28(8-4-2)30-27-10-7-6-9-23(27)14-11-22-12-15-24(16-13-22)29(31)32/h6-7,9-10,12-13,15-20,28,30H,3-5,8,11,14,21H2,1-2H3,(H,31,32). The van der Waals surface area contributed by atoms with Gasteiger partial charge in [0, 0.05) is 5.69 Å². The van der Waals surface area contributed by atoms with Gasteiger partial charge < -0.3 is 15.2 Å². The summed E-state index contributed by atoms with van der Waals surface area (Å²) in [5, 5.41) is 11.6. The van der Waals surface area contributed by atoms with Crippen LogP contribution in [-0.4, -0.2) is 31.5 Å².